The average Bonchev–Trinajstić information content (AvgIpc) is 2.52. The van der Waals surface area contributed by atoms with E-state index < -0.39 is 11.9 Å². The summed E-state index contributed by atoms with van der Waals surface area (Å²) in [5, 5.41) is 9.02. The molecule has 114 valence electrons. The van der Waals surface area contributed by atoms with E-state index >= 15 is 0 Å². The fourth-order valence-electron chi connectivity index (χ4n) is 1.36. The van der Waals surface area contributed by atoms with Crippen molar-refractivity contribution in [3.63, 3.8) is 0 Å². The van der Waals surface area contributed by atoms with Gasteiger partial charge < -0.3 is 0 Å². The first kappa shape index (κ1) is 16.3. The molecule has 0 heterocycles. The topological polar surface area (TPSA) is 71.1 Å². The van der Waals surface area contributed by atoms with Gasteiger partial charge in [-0.2, -0.15) is 0 Å². The van der Waals surface area contributed by atoms with Crippen LogP contribution in [0.25, 0.3) is 0 Å². The molecule has 22 heavy (non-hydrogen) atoms. The van der Waals surface area contributed by atoms with E-state index in [2.05, 4.69) is 19.9 Å². The molecule has 0 radical (unpaired) electrons. The third kappa shape index (κ3) is 4.71. The number of halogens is 2. The second kappa shape index (κ2) is 7.77. The first-order valence-electron chi connectivity index (χ1n) is 5.84. The number of carbonyl (C=O) groups is 2. The quantitative estimate of drug-likeness (QED) is 0.467. The summed E-state index contributed by atoms with van der Waals surface area (Å²) in [4.78, 5) is 31.5. The van der Waals surface area contributed by atoms with Gasteiger partial charge in [0.2, 0.25) is 0 Å². The molecular formula is C14H8Cl2O6. The summed E-state index contributed by atoms with van der Waals surface area (Å²) in [7, 11) is 0. The second-order valence-corrected chi connectivity index (χ2v) is 4.76. The number of carbonyl (C=O) groups excluding carboxylic acids is 2. The van der Waals surface area contributed by atoms with Crippen LogP contribution >= 0.6 is 23.2 Å². The van der Waals surface area contributed by atoms with Crippen molar-refractivity contribution in [1.82, 2.24) is 0 Å². The van der Waals surface area contributed by atoms with Gasteiger partial charge >= 0.3 is 11.9 Å². The summed E-state index contributed by atoms with van der Waals surface area (Å²) in [6.45, 7) is 0. The molecule has 0 saturated heterocycles. The summed E-state index contributed by atoms with van der Waals surface area (Å²) in [6, 6.07) is 11.7. The third-order valence-electron chi connectivity index (χ3n) is 2.41. The summed E-state index contributed by atoms with van der Waals surface area (Å²) in [6.07, 6.45) is 0. The van der Waals surface area contributed by atoms with E-state index in [4.69, 9.17) is 23.2 Å². The van der Waals surface area contributed by atoms with E-state index in [0.717, 1.165) is 0 Å². The summed E-state index contributed by atoms with van der Waals surface area (Å²) in [5.41, 5.74) is 0.356. The monoisotopic (exact) mass is 342 g/mol. The largest absolute Gasteiger partial charge is 0.376 e. The fourth-order valence-corrected chi connectivity index (χ4v) is 1.61. The average molecular weight is 343 g/mol. The molecule has 0 bridgehead atoms. The lowest BCUT2D eigenvalue weighted by molar-refractivity contribution is -0.595. The number of benzene rings is 2. The van der Waals surface area contributed by atoms with Crippen LogP contribution in [0.2, 0.25) is 10.0 Å². The summed E-state index contributed by atoms with van der Waals surface area (Å²) < 4.78 is 0. The number of rotatable bonds is 5. The molecule has 0 aliphatic carbocycles. The molecule has 2 aromatic rings. The van der Waals surface area contributed by atoms with Crippen molar-refractivity contribution in [2.45, 2.75) is 0 Å². The number of hydrogen-bond donors (Lipinski definition) is 0. The third-order valence-corrected chi connectivity index (χ3v) is 2.91. The van der Waals surface area contributed by atoms with Crippen LogP contribution in [-0.4, -0.2) is 11.9 Å². The molecule has 0 aromatic heterocycles. The Labute approximate surface area is 134 Å². The molecule has 0 amide bonds. The zero-order valence-corrected chi connectivity index (χ0v) is 12.3. The minimum atomic E-state index is -0.848. The van der Waals surface area contributed by atoms with E-state index in [0.29, 0.717) is 10.0 Å². The summed E-state index contributed by atoms with van der Waals surface area (Å²) in [5.74, 6) is -1.70. The van der Waals surface area contributed by atoms with E-state index in [1.807, 2.05) is 0 Å². The Morgan fingerprint density at radius 1 is 0.636 bits per heavy atom. The highest BCUT2D eigenvalue weighted by atomic mass is 35.5. The normalized spacial score (nSPS) is 10.1. The molecule has 0 spiro atoms. The van der Waals surface area contributed by atoms with Gasteiger partial charge in [0.05, 0.1) is 11.1 Å². The van der Waals surface area contributed by atoms with Gasteiger partial charge in [-0.1, -0.05) is 23.2 Å². The highest BCUT2D eigenvalue weighted by Crippen LogP contribution is 2.12. The van der Waals surface area contributed by atoms with Crippen molar-refractivity contribution < 1.29 is 29.4 Å². The lowest BCUT2D eigenvalue weighted by Gasteiger charge is -2.02. The Morgan fingerprint density at radius 3 is 1.27 bits per heavy atom. The first-order valence-corrected chi connectivity index (χ1v) is 6.59. The van der Waals surface area contributed by atoms with Gasteiger partial charge in [-0.25, -0.2) is 9.59 Å². The SMILES string of the molecule is O=C(OOOOC(=O)c1ccc(Cl)cc1)c1ccc(Cl)cc1. The Balaban J connectivity index is 1.74. The van der Waals surface area contributed by atoms with Crippen LogP contribution in [0, 0.1) is 0 Å². The molecular weight excluding hydrogens is 335 g/mol. The standard InChI is InChI=1S/C14H8Cl2O6/c15-11-5-1-9(2-6-11)13(17)19-21-22-20-14(18)10-3-7-12(16)8-4-10/h1-8H. The minimum absolute atomic E-state index is 0.178. The zero-order chi connectivity index (χ0) is 15.9. The van der Waals surface area contributed by atoms with Gasteiger partial charge in [0.15, 0.2) is 0 Å². The molecule has 6 nitrogen and oxygen atoms in total. The molecule has 0 saturated carbocycles. The minimum Gasteiger partial charge on any atom is -0.260 e. The molecule has 0 aliphatic heterocycles. The van der Waals surface area contributed by atoms with Gasteiger partial charge in [0.25, 0.3) is 0 Å². The fraction of sp³-hybridized carbons (Fsp3) is 0. The smallest absolute Gasteiger partial charge is 0.260 e. The van der Waals surface area contributed by atoms with Crippen molar-refractivity contribution >= 4 is 35.1 Å². The molecule has 0 N–H and O–H groups in total. The highest BCUT2D eigenvalue weighted by molar-refractivity contribution is 6.30. The number of hydrogen-bond acceptors (Lipinski definition) is 6. The second-order valence-electron chi connectivity index (χ2n) is 3.89. The van der Waals surface area contributed by atoms with Crippen molar-refractivity contribution in [2.75, 3.05) is 0 Å². The van der Waals surface area contributed by atoms with Crippen molar-refractivity contribution in [3.05, 3.63) is 69.7 Å². The molecule has 0 atom stereocenters. The van der Waals surface area contributed by atoms with Gasteiger partial charge in [-0.3, -0.25) is 9.78 Å². The van der Waals surface area contributed by atoms with Crippen LogP contribution in [0.1, 0.15) is 20.7 Å². The molecule has 8 heteroatoms. The zero-order valence-electron chi connectivity index (χ0n) is 10.8. The Hall–Kier alpha value is -2.12. The van der Waals surface area contributed by atoms with Crippen LogP contribution in [0.5, 0.6) is 0 Å². The van der Waals surface area contributed by atoms with Crippen LogP contribution in [0.4, 0.5) is 0 Å². The van der Waals surface area contributed by atoms with Gasteiger partial charge in [-0.15, -0.1) is 0 Å². The van der Waals surface area contributed by atoms with E-state index in [-0.39, 0.29) is 11.1 Å². The van der Waals surface area contributed by atoms with Crippen molar-refractivity contribution in [3.8, 4) is 0 Å². The van der Waals surface area contributed by atoms with Crippen molar-refractivity contribution in [1.29, 1.82) is 0 Å². The molecule has 0 fully saturated rings. The lowest BCUT2D eigenvalue weighted by atomic mass is 10.2. The molecule has 0 aliphatic rings. The van der Waals surface area contributed by atoms with E-state index in [9.17, 15) is 9.59 Å². The van der Waals surface area contributed by atoms with E-state index in [1.165, 1.54) is 48.5 Å². The van der Waals surface area contributed by atoms with Crippen LogP contribution in [-0.2, 0) is 19.9 Å². The van der Waals surface area contributed by atoms with Crippen LogP contribution in [0.15, 0.2) is 48.5 Å². The maximum absolute atomic E-state index is 11.5. The lowest BCUT2D eigenvalue weighted by Crippen LogP contribution is -2.10. The predicted octanol–water partition coefficient (Wildman–Crippen LogP) is 3.79. The first-order chi connectivity index (χ1) is 10.6. The van der Waals surface area contributed by atoms with Gasteiger partial charge in [-0.05, 0) is 48.5 Å². The predicted molar refractivity (Wildman–Crippen MR) is 75.9 cm³/mol. The van der Waals surface area contributed by atoms with Crippen LogP contribution in [0.3, 0.4) is 0 Å². The Kier molecular flexibility index (Phi) is 5.74. The summed E-state index contributed by atoms with van der Waals surface area (Å²) >= 11 is 11.3. The van der Waals surface area contributed by atoms with E-state index in [1.54, 1.807) is 0 Å². The highest BCUT2D eigenvalue weighted by Gasteiger charge is 2.12. The maximum Gasteiger partial charge on any atom is 0.376 e. The molecule has 2 aromatic carbocycles. The Morgan fingerprint density at radius 2 is 0.955 bits per heavy atom. The molecule has 2 rings (SSSR count). The van der Waals surface area contributed by atoms with Crippen molar-refractivity contribution in [2.24, 2.45) is 0 Å². The van der Waals surface area contributed by atoms with Crippen LogP contribution < -0.4 is 0 Å². The van der Waals surface area contributed by atoms with Gasteiger partial charge in [0.1, 0.15) is 0 Å². The van der Waals surface area contributed by atoms with Gasteiger partial charge in [0, 0.05) is 20.1 Å². The maximum atomic E-state index is 11.5. The molecule has 0 unspecified atom stereocenters. The Bertz CT molecular complexity index is 595.